The third-order valence-electron chi connectivity index (χ3n) is 8.69. The van der Waals surface area contributed by atoms with Crippen molar-refractivity contribution in [2.45, 2.75) is 37.2 Å². The molecule has 2 amide bonds. The highest BCUT2D eigenvalue weighted by Crippen LogP contribution is 2.41. The lowest BCUT2D eigenvalue weighted by atomic mass is 9.94. The van der Waals surface area contributed by atoms with Gasteiger partial charge in [-0.3, -0.25) is 9.59 Å². The second-order valence-electron chi connectivity index (χ2n) is 11.3. The highest BCUT2D eigenvalue weighted by Gasteiger charge is 2.36. The molecule has 1 unspecified atom stereocenters. The summed E-state index contributed by atoms with van der Waals surface area (Å²) in [6, 6.07) is 12.1. The third-order valence-corrected chi connectivity index (χ3v) is 11.7. The van der Waals surface area contributed by atoms with Crippen molar-refractivity contribution in [1.29, 1.82) is 0 Å². The number of nitrogens with zero attached hydrogens (tertiary/aromatic N) is 3. The number of hydrogen-bond donors (Lipinski definition) is 1. The molecule has 3 aromatic rings. The van der Waals surface area contributed by atoms with Gasteiger partial charge in [0.25, 0.3) is 15.9 Å². The number of anilines is 2. The van der Waals surface area contributed by atoms with Crippen LogP contribution in [0.4, 0.5) is 11.4 Å². The molecule has 2 aromatic carbocycles. The van der Waals surface area contributed by atoms with Gasteiger partial charge in [0.2, 0.25) is 21.0 Å². The maximum absolute atomic E-state index is 13.4. The van der Waals surface area contributed by atoms with Gasteiger partial charge in [0.05, 0.1) is 24.1 Å². The van der Waals surface area contributed by atoms with Crippen LogP contribution in [0.25, 0.3) is 10.8 Å². The van der Waals surface area contributed by atoms with Crippen molar-refractivity contribution >= 4 is 54.0 Å². The Bertz CT molecular complexity index is 1730. The van der Waals surface area contributed by atoms with Crippen molar-refractivity contribution in [3.63, 3.8) is 0 Å². The molecule has 13 heteroatoms. The molecular formula is C29H34N4O7S2. The van der Waals surface area contributed by atoms with Gasteiger partial charge in [0.15, 0.2) is 0 Å². The first-order valence-corrected chi connectivity index (χ1v) is 17.5. The van der Waals surface area contributed by atoms with Crippen LogP contribution in [0.3, 0.4) is 0 Å². The lowest BCUT2D eigenvalue weighted by molar-refractivity contribution is -0.120. The van der Waals surface area contributed by atoms with Crippen molar-refractivity contribution in [2.75, 3.05) is 49.2 Å². The number of carbonyl (C=O) groups excluding carboxylic acids is 2. The number of sulfonamides is 2. The first-order valence-electron chi connectivity index (χ1n) is 14.2. The fourth-order valence-electron chi connectivity index (χ4n) is 6.37. The zero-order valence-corrected chi connectivity index (χ0v) is 25.0. The molecule has 11 nitrogen and oxygen atoms in total. The first-order chi connectivity index (χ1) is 20.0. The van der Waals surface area contributed by atoms with Crippen LogP contribution in [-0.2, 0) is 24.8 Å². The van der Waals surface area contributed by atoms with E-state index in [1.54, 1.807) is 23.1 Å². The molecule has 2 fully saturated rings. The lowest BCUT2D eigenvalue weighted by Crippen LogP contribution is -2.43. The molecule has 1 N–H and O–H groups in total. The SMILES string of the molecule is CS(=O)(=O)N1CCC(CCN2C(=O)c3cccc4c(NC(=O)C5CCCN(S(=O)(=O)c6ccco6)C5)ccc2c34)CC1. The highest BCUT2D eigenvalue weighted by atomic mass is 32.2. The van der Waals surface area contributed by atoms with E-state index >= 15 is 0 Å². The molecule has 3 aliphatic heterocycles. The molecule has 224 valence electrons. The van der Waals surface area contributed by atoms with Crippen LogP contribution in [0.2, 0.25) is 0 Å². The topological polar surface area (TPSA) is 137 Å². The van der Waals surface area contributed by atoms with Crippen LogP contribution >= 0.6 is 0 Å². The number of piperidine rings is 2. The predicted octanol–water partition coefficient (Wildman–Crippen LogP) is 3.49. The van der Waals surface area contributed by atoms with Gasteiger partial charge in [-0.05, 0) is 68.4 Å². The maximum Gasteiger partial charge on any atom is 0.276 e. The standard InChI is InChI=1S/C29H34N4O7S2/c1-41(36,37)31-15-11-20(12-16-31)13-17-33-25-10-9-24(22-6-2-7-23(27(22)25)29(33)35)30-28(34)21-5-3-14-32(19-21)42(38,39)26-8-4-18-40-26/h2,4,6-10,18,20-21H,3,5,11-17,19H2,1H3,(H,30,34). The van der Waals surface area contributed by atoms with Crippen LogP contribution in [0.5, 0.6) is 0 Å². The monoisotopic (exact) mass is 614 g/mol. The van der Waals surface area contributed by atoms with E-state index < -0.39 is 26.0 Å². The van der Waals surface area contributed by atoms with E-state index in [4.69, 9.17) is 4.42 Å². The molecule has 0 saturated carbocycles. The first kappa shape index (κ1) is 28.8. The molecule has 42 heavy (non-hydrogen) atoms. The van der Waals surface area contributed by atoms with Crippen LogP contribution in [0.15, 0.2) is 58.2 Å². The van der Waals surface area contributed by atoms with E-state index in [1.807, 2.05) is 12.1 Å². The molecule has 0 radical (unpaired) electrons. The Morgan fingerprint density at radius 1 is 0.976 bits per heavy atom. The van der Waals surface area contributed by atoms with Crippen LogP contribution in [0.1, 0.15) is 42.5 Å². The molecule has 4 heterocycles. The molecular weight excluding hydrogens is 580 g/mol. The van der Waals surface area contributed by atoms with Crippen LogP contribution < -0.4 is 10.2 Å². The van der Waals surface area contributed by atoms with E-state index in [0.29, 0.717) is 56.2 Å². The molecule has 1 aromatic heterocycles. The summed E-state index contributed by atoms with van der Waals surface area (Å²) in [4.78, 5) is 28.6. The Labute approximate surface area is 245 Å². The molecule has 2 saturated heterocycles. The van der Waals surface area contributed by atoms with Gasteiger partial charge in [-0.15, -0.1) is 0 Å². The second kappa shape index (κ2) is 11.1. The molecule has 0 bridgehead atoms. The number of benzene rings is 2. The minimum absolute atomic E-state index is 0.0610. The van der Waals surface area contributed by atoms with Crippen molar-refractivity contribution in [3.05, 3.63) is 54.3 Å². The maximum atomic E-state index is 13.4. The summed E-state index contributed by atoms with van der Waals surface area (Å²) in [6.07, 6.45) is 5.98. The summed E-state index contributed by atoms with van der Waals surface area (Å²) in [6.45, 7) is 1.92. The Balaban J connectivity index is 1.16. The van der Waals surface area contributed by atoms with Gasteiger partial charge in [0.1, 0.15) is 0 Å². The van der Waals surface area contributed by atoms with Crippen LogP contribution in [0, 0.1) is 11.8 Å². The van der Waals surface area contributed by atoms with Crippen molar-refractivity contribution in [1.82, 2.24) is 8.61 Å². The normalized spacial score (nSPS) is 20.8. The fraction of sp³-hybridized carbons (Fsp3) is 0.448. The predicted molar refractivity (Wildman–Crippen MR) is 158 cm³/mol. The Hall–Kier alpha value is -3.26. The van der Waals surface area contributed by atoms with Gasteiger partial charge in [-0.25, -0.2) is 21.1 Å². The summed E-state index contributed by atoms with van der Waals surface area (Å²) in [5, 5.41) is 4.42. The molecule has 1 atom stereocenters. The molecule has 0 spiro atoms. The summed E-state index contributed by atoms with van der Waals surface area (Å²) in [7, 11) is -7.00. The second-order valence-corrected chi connectivity index (χ2v) is 15.2. The van der Waals surface area contributed by atoms with E-state index in [-0.39, 0.29) is 23.5 Å². The zero-order valence-electron chi connectivity index (χ0n) is 23.4. The van der Waals surface area contributed by atoms with E-state index in [0.717, 1.165) is 35.7 Å². The number of amides is 2. The van der Waals surface area contributed by atoms with Crippen molar-refractivity contribution in [2.24, 2.45) is 11.8 Å². The molecule has 6 rings (SSSR count). The quantitative estimate of drug-likeness (QED) is 0.410. The number of rotatable bonds is 8. The summed E-state index contributed by atoms with van der Waals surface area (Å²) in [5.74, 6) is -0.547. The number of hydrogen-bond acceptors (Lipinski definition) is 7. The summed E-state index contributed by atoms with van der Waals surface area (Å²) in [5.41, 5.74) is 1.96. The van der Waals surface area contributed by atoms with E-state index in [9.17, 15) is 26.4 Å². The molecule has 3 aliphatic rings. The smallest absolute Gasteiger partial charge is 0.276 e. The lowest BCUT2D eigenvalue weighted by Gasteiger charge is -2.31. The van der Waals surface area contributed by atoms with E-state index in [1.165, 1.54) is 33.3 Å². The van der Waals surface area contributed by atoms with Crippen LogP contribution in [-0.4, -0.2) is 76.2 Å². The van der Waals surface area contributed by atoms with Gasteiger partial charge in [-0.1, -0.05) is 12.1 Å². The number of carbonyl (C=O) groups is 2. The Morgan fingerprint density at radius 3 is 2.48 bits per heavy atom. The molecule has 0 aliphatic carbocycles. The fourth-order valence-corrected chi connectivity index (χ4v) is 8.67. The Kier molecular flexibility index (Phi) is 7.62. The number of furan rings is 1. The van der Waals surface area contributed by atoms with Crippen molar-refractivity contribution < 1.29 is 30.8 Å². The van der Waals surface area contributed by atoms with Gasteiger partial charge in [-0.2, -0.15) is 4.31 Å². The number of nitrogens with one attached hydrogen (secondary N) is 1. The summed E-state index contributed by atoms with van der Waals surface area (Å²) < 4.78 is 57.5. The highest BCUT2D eigenvalue weighted by molar-refractivity contribution is 7.89. The van der Waals surface area contributed by atoms with Gasteiger partial charge < -0.3 is 14.6 Å². The largest absolute Gasteiger partial charge is 0.452 e. The minimum atomic E-state index is -3.82. The van der Waals surface area contributed by atoms with Gasteiger partial charge in [0, 0.05) is 54.7 Å². The van der Waals surface area contributed by atoms with Gasteiger partial charge >= 0.3 is 0 Å². The van der Waals surface area contributed by atoms with E-state index in [2.05, 4.69) is 5.32 Å². The average Bonchev–Trinajstić information content (AvgIpc) is 3.62. The summed E-state index contributed by atoms with van der Waals surface area (Å²) >= 11 is 0. The minimum Gasteiger partial charge on any atom is -0.452 e. The zero-order chi connectivity index (χ0) is 29.6. The van der Waals surface area contributed by atoms with Crippen molar-refractivity contribution in [3.8, 4) is 0 Å². The third kappa shape index (κ3) is 5.34. The Morgan fingerprint density at radius 2 is 1.76 bits per heavy atom. The average molecular weight is 615 g/mol.